The van der Waals surface area contributed by atoms with E-state index in [-0.39, 0.29) is 25.2 Å². The van der Waals surface area contributed by atoms with Crippen LogP contribution < -0.4 is 0 Å². The minimum Gasteiger partial charge on any atom is -0.462 e. The van der Waals surface area contributed by atoms with E-state index in [0.717, 1.165) is 25.7 Å². The van der Waals surface area contributed by atoms with Crippen molar-refractivity contribution in [3.8, 4) is 0 Å². The molecule has 0 atom stereocenters. The van der Waals surface area contributed by atoms with Gasteiger partial charge in [0.05, 0.1) is 0 Å². The van der Waals surface area contributed by atoms with Crippen molar-refractivity contribution in [2.75, 3.05) is 13.2 Å². The van der Waals surface area contributed by atoms with Gasteiger partial charge in [-0.05, 0) is 26.7 Å². The zero-order valence-electron chi connectivity index (χ0n) is 19.8. The van der Waals surface area contributed by atoms with Crippen LogP contribution in [0.15, 0.2) is 24.3 Å². The Morgan fingerprint density at radius 3 is 1.27 bits per heavy atom. The Kier molecular flexibility index (Phi) is 19.2. The van der Waals surface area contributed by atoms with E-state index in [9.17, 15) is 9.59 Å². The zero-order chi connectivity index (χ0) is 22.5. The largest absolute Gasteiger partial charge is 0.462 e. The normalized spacial score (nSPS) is 10.1. The van der Waals surface area contributed by atoms with Crippen molar-refractivity contribution in [1.29, 1.82) is 0 Å². The summed E-state index contributed by atoms with van der Waals surface area (Å²) in [6, 6.07) is 8.48. The predicted octanol–water partition coefficient (Wildman–Crippen LogP) is 7.10. The summed E-state index contributed by atoms with van der Waals surface area (Å²) < 4.78 is 10.1. The van der Waals surface area contributed by atoms with Gasteiger partial charge in [0.25, 0.3) is 0 Å². The molecule has 4 heteroatoms. The molecule has 0 fully saturated rings. The number of esters is 2. The number of ether oxygens (including phenoxy) is 2. The highest BCUT2D eigenvalue weighted by molar-refractivity contribution is 5.70. The molecule has 0 spiro atoms. The van der Waals surface area contributed by atoms with Crippen molar-refractivity contribution in [3.63, 3.8) is 0 Å². The molecule has 0 aliphatic heterocycles. The van der Waals surface area contributed by atoms with Crippen LogP contribution >= 0.6 is 0 Å². The third-order valence-electron chi connectivity index (χ3n) is 4.80. The number of carbonyl (C=O) groups is 2. The molecular weight excluding hydrogens is 376 g/mol. The first-order valence-corrected chi connectivity index (χ1v) is 11.8. The smallest absolute Gasteiger partial charge is 0.305 e. The Labute approximate surface area is 184 Å². The first kappa shape index (κ1) is 28.2. The summed E-state index contributed by atoms with van der Waals surface area (Å²) in [5, 5.41) is 0. The summed E-state index contributed by atoms with van der Waals surface area (Å²) >= 11 is 0. The number of rotatable bonds is 15. The van der Waals surface area contributed by atoms with Crippen molar-refractivity contribution in [2.24, 2.45) is 0 Å². The Hall–Kier alpha value is -1.84. The molecule has 0 saturated carbocycles. The minimum atomic E-state index is -0.188. The lowest BCUT2D eigenvalue weighted by molar-refractivity contribution is -0.152. The van der Waals surface area contributed by atoms with Gasteiger partial charge in [-0.3, -0.25) is 9.59 Å². The Balaban J connectivity index is 0.000000867. The molecule has 4 nitrogen and oxygen atoms in total. The van der Waals surface area contributed by atoms with Crippen LogP contribution in [-0.2, 0) is 19.1 Å². The van der Waals surface area contributed by atoms with E-state index in [1.807, 2.05) is 0 Å². The monoisotopic (exact) mass is 420 g/mol. The number of unbranched alkanes of at least 4 members (excludes halogenated alkanes) is 8. The highest BCUT2D eigenvalue weighted by atomic mass is 16.6. The van der Waals surface area contributed by atoms with Gasteiger partial charge in [0, 0.05) is 12.8 Å². The van der Waals surface area contributed by atoms with Crippen molar-refractivity contribution < 1.29 is 19.1 Å². The van der Waals surface area contributed by atoms with E-state index in [2.05, 4.69) is 52.0 Å². The van der Waals surface area contributed by atoms with Gasteiger partial charge in [-0.15, -0.1) is 0 Å². The molecule has 1 aromatic rings. The van der Waals surface area contributed by atoms with E-state index >= 15 is 0 Å². The maximum absolute atomic E-state index is 11.4. The van der Waals surface area contributed by atoms with E-state index in [1.165, 1.54) is 49.7 Å². The highest BCUT2D eigenvalue weighted by Crippen LogP contribution is 2.07. The van der Waals surface area contributed by atoms with Crippen LogP contribution in [0.25, 0.3) is 0 Å². The molecule has 0 N–H and O–H groups in total. The van der Waals surface area contributed by atoms with E-state index in [1.54, 1.807) is 0 Å². The van der Waals surface area contributed by atoms with Crippen LogP contribution in [0.5, 0.6) is 0 Å². The summed E-state index contributed by atoms with van der Waals surface area (Å²) in [6.45, 7) is 8.88. The summed E-state index contributed by atoms with van der Waals surface area (Å²) in [5.74, 6) is -0.376. The van der Waals surface area contributed by atoms with Gasteiger partial charge in [0.1, 0.15) is 13.2 Å². The van der Waals surface area contributed by atoms with Crippen LogP contribution in [0, 0.1) is 13.8 Å². The lowest BCUT2D eigenvalue weighted by Gasteiger charge is -2.06. The Morgan fingerprint density at radius 1 is 0.600 bits per heavy atom. The second-order valence-electron chi connectivity index (χ2n) is 7.92. The lowest BCUT2D eigenvalue weighted by atomic mass is 10.1. The number of carbonyl (C=O) groups excluding carboxylic acids is 2. The van der Waals surface area contributed by atoms with Gasteiger partial charge in [0.2, 0.25) is 0 Å². The molecule has 0 radical (unpaired) electrons. The van der Waals surface area contributed by atoms with Crippen LogP contribution in [-0.4, -0.2) is 25.2 Å². The highest BCUT2D eigenvalue weighted by Gasteiger charge is 2.05. The molecule has 1 aromatic carbocycles. The van der Waals surface area contributed by atoms with Crippen molar-refractivity contribution >= 4 is 11.9 Å². The molecule has 0 bridgehead atoms. The van der Waals surface area contributed by atoms with Crippen molar-refractivity contribution in [1.82, 2.24) is 0 Å². The first-order valence-electron chi connectivity index (χ1n) is 11.8. The fraction of sp³-hybridized carbons (Fsp3) is 0.692. The molecule has 0 aliphatic rings. The number of hydrogen-bond donors (Lipinski definition) is 0. The zero-order valence-corrected chi connectivity index (χ0v) is 19.8. The number of aryl methyl sites for hydroxylation is 2. The molecule has 0 aromatic heterocycles. The van der Waals surface area contributed by atoms with Crippen LogP contribution in [0.2, 0.25) is 0 Å². The summed E-state index contributed by atoms with van der Waals surface area (Å²) in [4.78, 5) is 22.9. The molecule has 0 amide bonds. The molecule has 0 heterocycles. The Bertz CT molecular complexity index is 487. The number of hydrogen-bond acceptors (Lipinski definition) is 4. The van der Waals surface area contributed by atoms with Crippen molar-refractivity contribution in [3.05, 3.63) is 35.4 Å². The SMILES string of the molecule is CCCCCCCC(=O)OCCOC(=O)CCCCCCC.Cc1ccc(C)cc1. The van der Waals surface area contributed by atoms with E-state index in [0.29, 0.717) is 12.8 Å². The maximum Gasteiger partial charge on any atom is 0.305 e. The molecular formula is C26H44O4. The van der Waals surface area contributed by atoms with Gasteiger partial charge >= 0.3 is 11.9 Å². The third kappa shape index (κ3) is 19.5. The van der Waals surface area contributed by atoms with Crippen molar-refractivity contribution in [2.45, 2.75) is 105 Å². The minimum absolute atomic E-state index is 0.176. The predicted molar refractivity (Wildman–Crippen MR) is 125 cm³/mol. The first-order chi connectivity index (χ1) is 14.5. The van der Waals surface area contributed by atoms with Crippen LogP contribution in [0.4, 0.5) is 0 Å². The maximum atomic E-state index is 11.4. The summed E-state index contributed by atoms with van der Waals surface area (Å²) in [5.41, 5.74) is 2.66. The lowest BCUT2D eigenvalue weighted by Crippen LogP contribution is -2.13. The van der Waals surface area contributed by atoms with Gasteiger partial charge in [-0.2, -0.15) is 0 Å². The molecule has 0 saturated heterocycles. The summed E-state index contributed by atoms with van der Waals surface area (Å²) in [7, 11) is 0. The quantitative estimate of drug-likeness (QED) is 0.224. The second-order valence-corrected chi connectivity index (χ2v) is 7.92. The molecule has 1 rings (SSSR count). The molecule has 30 heavy (non-hydrogen) atoms. The average molecular weight is 421 g/mol. The van der Waals surface area contributed by atoms with Crippen LogP contribution in [0.3, 0.4) is 0 Å². The number of benzene rings is 1. The molecule has 0 aliphatic carbocycles. The van der Waals surface area contributed by atoms with Crippen LogP contribution in [0.1, 0.15) is 102 Å². The van der Waals surface area contributed by atoms with E-state index in [4.69, 9.17) is 9.47 Å². The fourth-order valence-electron chi connectivity index (χ4n) is 2.84. The molecule has 172 valence electrons. The fourth-order valence-corrected chi connectivity index (χ4v) is 2.84. The average Bonchev–Trinajstić information content (AvgIpc) is 2.73. The van der Waals surface area contributed by atoms with Gasteiger partial charge < -0.3 is 9.47 Å². The molecule has 0 unspecified atom stereocenters. The van der Waals surface area contributed by atoms with Gasteiger partial charge in [-0.1, -0.05) is 101 Å². The summed E-state index contributed by atoms with van der Waals surface area (Å²) in [6.07, 6.45) is 12.1. The van der Waals surface area contributed by atoms with Gasteiger partial charge in [-0.25, -0.2) is 0 Å². The van der Waals surface area contributed by atoms with Gasteiger partial charge in [0.15, 0.2) is 0 Å². The topological polar surface area (TPSA) is 52.6 Å². The standard InChI is InChI=1S/C18H34O4.C8H10/c1-3-5-7-9-11-13-17(19)21-15-16-22-18(20)14-12-10-8-6-4-2;1-7-3-5-8(2)6-4-7/h3-16H2,1-2H3;3-6H,1-2H3. The Morgan fingerprint density at radius 2 is 0.933 bits per heavy atom. The second kappa shape index (κ2) is 20.4. The van der Waals surface area contributed by atoms with E-state index < -0.39 is 0 Å². The third-order valence-corrected chi connectivity index (χ3v) is 4.80.